The van der Waals surface area contributed by atoms with Crippen molar-refractivity contribution in [3.05, 3.63) is 46.6 Å². The molecule has 1 heterocycles. The normalized spacial score (nSPS) is 10.1. The second-order valence-corrected chi connectivity index (χ2v) is 4.01. The van der Waals surface area contributed by atoms with E-state index in [1.54, 1.807) is 30.5 Å². The van der Waals surface area contributed by atoms with Gasteiger partial charge in [-0.25, -0.2) is 4.98 Å². The van der Waals surface area contributed by atoms with Gasteiger partial charge in [-0.15, -0.1) is 0 Å². The summed E-state index contributed by atoms with van der Waals surface area (Å²) in [6.07, 6.45) is 1.66. The van der Waals surface area contributed by atoms with Crippen LogP contribution in [0.4, 0.5) is 17.2 Å². The summed E-state index contributed by atoms with van der Waals surface area (Å²) in [5.74, 6) is 0.598. The fraction of sp³-hybridized carbons (Fsp3) is 0. The molecule has 1 aromatic heterocycles. The summed E-state index contributed by atoms with van der Waals surface area (Å²) in [4.78, 5) is 4.11. The Labute approximate surface area is 103 Å². The molecule has 82 valence electrons. The highest BCUT2D eigenvalue weighted by atomic mass is 35.5. The largest absolute Gasteiger partial charge is 0.396 e. The summed E-state index contributed by atoms with van der Waals surface area (Å²) >= 11 is 11.7. The van der Waals surface area contributed by atoms with Crippen LogP contribution < -0.4 is 11.1 Å². The summed E-state index contributed by atoms with van der Waals surface area (Å²) in [5.41, 5.74) is 7.12. The topological polar surface area (TPSA) is 50.9 Å². The lowest BCUT2D eigenvalue weighted by Gasteiger charge is -2.08. The predicted octanol–water partition coefficient (Wildman–Crippen LogP) is 3.71. The molecular weight excluding hydrogens is 245 g/mol. The van der Waals surface area contributed by atoms with Gasteiger partial charge in [0, 0.05) is 11.9 Å². The third-order valence-corrected chi connectivity index (χ3v) is 2.76. The van der Waals surface area contributed by atoms with Crippen molar-refractivity contribution in [2.75, 3.05) is 11.1 Å². The number of pyridine rings is 1. The van der Waals surface area contributed by atoms with E-state index in [0.29, 0.717) is 21.6 Å². The summed E-state index contributed by atoms with van der Waals surface area (Å²) in [6.45, 7) is 0. The summed E-state index contributed by atoms with van der Waals surface area (Å²) in [5, 5.41) is 4.06. The molecule has 0 aliphatic carbocycles. The average molecular weight is 254 g/mol. The molecule has 0 atom stereocenters. The van der Waals surface area contributed by atoms with Gasteiger partial charge in [0.25, 0.3) is 0 Å². The van der Waals surface area contributed by atoms with E-state index in [1.807, 2.05) is 6.07 Å². The van der Waals surface area contributed by atoms with Crippen molar-refractivity contribution in [1.82, 2.24) is 4.98 Å². The van der Waals surface area contributed by atoms with Gasteiger partial charge in [-0.2, -0.15) is 0 Å². The first-order chi connectivity index (χ1) is 7.66. The first-order valence-electron chi connectivity index (χ1n) is 4.59. The van der Waals surface area contributed by atoms with Gasteiger partial charge in [0.15, 0.2) is 5.82 Å². The van der Waals surface area contributed by atoms with Crippen LogP contribution in [0.15, 0.2) is 36.5 Å². The van der Waals surface area contributed by atoms with Crippen LogP contribution in [-0.2, 0) is 0 Å². The summed E-state index contributed by atoms with van der Waals surface area (Å²) in [7, 11) is 0. The molecule has 0 unspecified atom stereocenters. The minimum Gasteiger partial charge on any atom is -0.396 e. The van der Waals surface area contributed by atoms with Crippen molar-refractivity contribution in [3.63, 3.8) is 0 Å². The van der Waals surface area contributed by atoms with E-state index in [9.17, 15) is 0 Å². The lowest BCUT2D eigenvalue weighted by Crippen LogP contribution is -1.98. The van der Waals surface area contributed by atoms with E-state index in [0.717, 1.165) is 5.69 Å². The number of benzene rings is 1. The van der Waals surface area contributed by atoms with Crippen LogP contribution in [-0.4, -0.2) is 4.98 Å². The minimum atomic E-state index is 0.487. The lowest BCUT2D eigenvalue weighted by atomic mass is 10.3. The number of halogens is 2. The number of hydrogen-bond acceptors (Lipinski definition) is 3. The number of aromatic nitrogens is 1. The molecule has 0 fully saturated rings. The Morgan fingerprint density at radius 2 is 1.94 bits per heavy atom. The number of nitrogens with two attached hydrogens (primary N) is 1. The maximum Gasteiger partial charge on any atom is 0.153 e. The van der Waals surface area contributed by atoms with E-state index < -0.39 is 0 Å². The second kappa shape index (κ2) is 4.60. The highest BCUT2D eigenvalue weighted by Crippen LogP contribution is 2.27. The molecule has 3 nitrogen and oxygen atoms in total. The number of anilines is 3. The molecule has 2 rings (SSSR count). The Hall–Kier alpha value is -1.45. The second-order valence-electron chi connectivity index (χ2n) is 3.20. The Balaban J connectivity index is 2.28. The molecule has 0 saturated heterocycles. The standard InChI is InChI=1S/C11H9Cl2N3/c12-8-4-3-7(6-9(8)13)16-11-10(14)2-1-5-15-11/h1-6H,14H2,(H,15,16). The van der Waals surface area contributed by atoms with Crippen LogP contribution in [0.5, 0.6) is 0 Å². The van der Waals surface area contributed by atoms with Crippen LogP contribution in [0.1, 0.15) is 0 Å². The number of hydrogen-bond donors (Lipinski definition) is 2. The Morgan fingerprint density at radius 3 is 2.62 bits per heavy atom. The molecule has 0 spiro atoms. The zero-order valence-corrected chi connectivity index (χ0v) is 9.76. The average Bonchev–Trinajstić information content (AvgIpc) is 2.27. The van der Waals surface area contributed by atoms with Gasteiger partial charge in [-0.05, 0) is 30.3 Å². The fourth-order valence-electron chi connectivity index (χ4n) is 1.23. The lowest BCUT2D eigenvalue weighted by molar-refractivity contribution is 1.31. The molecule has 0 bridgehead atoms. The number of nitrogens with zero attached hydrogens (tertiary/aromatic N) is 1. The van der Waals surface area contributed by atoms with Gasteiger partial charge in [-0.1, -0.05) is 23.2 Å². The van der Waals surface area contributed by atoms with E-state index >= 15 is 0 Å². The monoisotopic (exact) mass is 253 g/mol. The molecule has 0 saturated carbocycles. The van der Waals surface area contributed by atoms with Crippen molar-refractivity contribution in [2.45, 2.75) is 0 Å². The third kappa shape index (κ3) is 2.38. The SMILES string of the molecule is Nc1cccnc1Nc1ccc(Cl)c(Cl)c1. The molecular formula is C11H9Cl2N3. The van der Waals surface area contributed by atoms with Crippen molar-refractivity contribution in [3.8, 4) is 0 Å². The summed E-state index contributed by atoms with van der Waals surface area (Å²) < 4.78 is 0. The Kier molecular flexibility index (Phi) is 3.17. The molecule has 3 N–H and O–H groups in total. The van der Waals surface area contributed by atoms with Crippen LogP contribution in [0.25, 0.3) is 0 Å². The van der Waals surface area contributed by atoms with Crippen LogP contribution in [0, 0.1) is 0 Å². The fourth-order valence-corrected chi connectivity index (χ4v) is 1.53. The zero-order valence-electron chi connectivity index (χ0n) is 8.24. The molecule has 2 aromatic rings. The molecule has 1 aromatic carbocycles. The maximum atomic E-state index is 5.90. The molecule has 0 amide bonds. The molecule has 0 aliphatic heterocycles. The van der Waals surface area contributed by atoms with Gasteiger partial charge >= 0.3 is 0 Å². The first kappa shape index (κ1) is 11.0. The Morgan fingerprint density at radius 1 is 1.12 bits per heavy atom. The molecule has 16 heavy (non-hydrogen) atoms. The third-order valence-electron chi connectivity index (χ3n) is 2.02. The van der Waals surface area contributed by atoms with Gasteiger partial charge in [0.05, 0.1) is 15.7 Å². The van der Waals surface area contributed by atoms with Gasteiger partial charge in [0.1, 0.15) is 0 Å². The quantitative estimate of drug-likeness (QED) is 0.858. The molecule has 0 radical (unpaired) electrons. The smallest absolute Gasteiger partial charge is 0.153 e. The van der Waals surface area contributed by atoms with E-state index in [4.69, 9.17) is 28.9 Å². The van der Waals surface area contributed by atoms with Gasteiger partial charge in [-0.3, -0.25) is 0 Å². The van der Waals surface area contributed by atoms with E-state index in [1.165, 1.54) is 0 Å². The Bertz CT molecular complexity index is 514. The molecule has 0 aliphatic rings. The van der Waals surface area contributed by atoms with Crippen molar-refractivity contribution < 1.29 is 0 Å². The summed E-state index contributed by atoms with van der Waals surface area (Å²) in [6, 6.07) is 8.79. The number of nitrogens with one attached hydrogen (secondary N) is 1. The highest BCUT2D eigenvalue weighted by molar-refractivity contribution is 6.42. The van der Waals surface area contributed by atoms with E-state index in [-0.39, 0.29) is 0 Å². The van der Waals surface area contributed by atoms with Crippen LogP contribution in [0.3, 0.4) is 0 Å². The molecule has 5 heteroatoms. The highest BCUT2D eigenvalue weighted by Gasteiger charge is 2.02. The van der Waals surface area contributed by atoms with Crippen molar-refractivity contribution in [2.24, 2.45) is 0 Å². The van der Waals surface area contributed by atoms with Crippen molar-refractivity contribution in [1.29, 1.82) is 0 Å². The maximum absolute atomic E-state index is 5.90. The van der Waals surface area contributed by atoms with Gasteiger partial charge < -0.3 is 11.1 Å². The van der Waals surface area contributed by atoms with Crippen molar-refractivity contribution >= 4 is 40.4 Å². The zero-order chi connectivity index (χ0) is 11.5. The van der Waals surface area contributed by atoms with Gasteiger partial charge in [0.2, 0.25) is 0 Å². The number of rotatable bonds is 2. The predicted molar refractivity (Wildman–Crippen MR) is 68.4 cm³/mol. The number of nitrogen functional groups attached to an aromatic ring is 1. The van der Waals surface area contributed by atoms with Crippen LogP contribution in [0.2, 0.25) is 10.0 Å². The minimum absolute atomic E-state index is 0.487. The first-order valence-corrected chi connectivity index (χ1v) is 5.35. The van der Waals surface area contributed by atoms with Crippen LogP contribution >= 0.6 is 23.2 Å². The van der Waals surface area contributed by atoms with E-state index in [2.05, 4.69) is 10.3 Å².